The Morgan fingerprint density at radius 2 is 1.94 bits per heavy atom. The molecule has 3 aliphatic rings. The summed E-state index contributed by atoms with van der Waals surface area (Å²) in [6.45, 7) is 1.09. The lowest BCUT2D eigenvalue weighted by Gasteiger charge is -2.33. The van der Waals surface area contributed by atoms with Crippen molar-refractivity contribution in [3.05, 3.63) is 52.5 Å². The monoisotopic (exact) mass is 475 g/mol. The van der Waals surface area contributed by atoms with Gasteiger partial charge in [0.25, 0.3) is 5.91 Å². The maximum atomic E-state index is 13.5. The lowest BCUT2D eigenvalue weighted by Crippen LogP contribution is -2.49. The topological polar surface area (TPSA) is 96.0 Å². The van der Waals surface area contributed by atoms with Crippen LogP contribution in [0.15, 0.2) is 41.3 Å². The van der Waals surface area contributed by atoms with Crippen molar-refractivity contribution in [2.45, 2.75) is 36.7 Å². The molecule has 1 atom stereocenters. The van der Waals surface area contributed by atoms with Crippen molar-refractivity contribution in [1.29, 1.82) is 0 Å². The first-order chi connectivity index (χ1) is 15.3. The molecule has 168 valence electrons. The van der Waals surface area contributed by atoms with Gasteiger partial charge in [0.2, 0.25) is 15.9 Å². The van der Waals surface area contributed by atoms with Crippen LogP contribution in [0.25, 0.3) is 0 Å². The van der Waals surface area contributed by atoms with Crippen LogP contribution < -0.4 is 10.1 Å². The molecule has 0 radical (unpaired) electrons. The number of sulfonamides is 1. The highest BCUT2D eigenvalue weighted by molar-refractivity contribution is 7.89. The molecule has 5 rings (SSSR count). The molecule has 1 unspecified atom stereocenters. The Hall–Kier alpha value is -2.62. The molecule has 2 aromatic carbocycles. The lowest BCUT2D eigenvalue weighted by atomic mass is 9.99. The molecule has 3 aliphatic heterocycles. The van der Waals surface area contributed by atoms with Crippen LogP contribution >= 0.6 is 11.6 Å². The predicted octanol–water partition coefficient (Wildman–Crippen LogP) is 2.41. The molecule has 10 heteroatoms. The maximum absolute atomic E-state index is 13.5. The summed E-state index contributed by atoms with van der Waals surface area (Å²) >= 11 is 6.30. The number of nitrogens with zero attached hydrogens (tertiary/aromatic N) is 2. The van der Waals surface area contributed by atoms with Gasteiger partial charge < -0.3 is 15.0 Å². The van der Waals surface area contributed by atoms with Crippen molar-refractivity contribution < 1.29 is 22.7 Å². The summed E-state index contributed by atoms with van der Waals surface area (Å²) in [5.74, 6) is -0.280. The van der Waals surface area contributed by atoms with Crippen molar-refractivity contribution in [1.82, 2.24) is 9.21 Å². The Labute approximate surface area is 191 Å². The third kappa shape index (κ3) is 3.64. The van der Waals surface area contributed by atoms with Crippen LogP contribution in [0.1, 0.15) is 24.0 Å². The largest absolute Gasteiger partial charge is 0.482 e. The Morgan fingerprint density at radius 1 is 1.16 bits per heavy atom. The molecule has 8 nitrogen and oxygen atoms in total. The normalized spacial score (nSPS) is 20.8. The van der Waals surface area contributed by atoms with Crippen LogP contribution in [-0.2, 0) is 32.6 Å². The highest BCUT2D eigenvalue weighted by Crippen LogP contribution is 2.38. The zero-order valence-electron chi connectivity index (χ0n) is 17.2. The van der Waals surface area contributed by atoms with E-state index in [0.29, 0.717) is 31.6 Å². The molecule has 0 aliphatic carbocycles. The molecular weight excluding hydrogens is 454 g/mol. The first-order valence-corrected chi connectivity index (χ1v) is 12.3. The number of ether oxygens (including phenoxy) is 1. The minimum atomic E-state index is -4.05. The van der Waals surface area contributed by atoms with Crippen molar-refractivity contribution in [3.63, 3.8) is 0 Å². The number of halogens is 1. The number of anilines is 1. The van der Waals surface area contributed by atoms with Gasteiger partial charge in [-0.15, -0.1) is 0 Å². The van der Waals surface area contributed by atoms with Crippen LogP contribution in [-0.4, -0.2) is 55.2 Å². The number of hydrogen-bond donors (Lipinski definition) is 1. The van der Waals surface area contributed by atoms with Crippen molar-refractivity contribution >= 4 is 39.1 Å². The molecule has 1 fully saturated rings. The van der Waals surface area contributed by atoms with Crippen LogP contribution in [0.3, 0.4) is 0 Å². The summed E-state index contributed by atoms with van der Waals surface area (Å²) in [7, 11) is -4.05. The average Bonchev–Trinajstić information content (AvgIpc) is 3.28. The van der Waals surface area contributed by atoms with Crippen LogP contribution in [0.2, 0.25) is 5.02 Å². The SMILES string of the molecule is O=C1COc2cc(S(=O)(=O)N3CCCC3C(=O)N3CCc4ccccc4C3)c(Cl)cc2N1. The number of benzene rings is 2. The average molecular weight is 476 g/mol. The summed E-state index contributed by atoms with van der Waals surface area (Å²) in [5.41, 5.74) is 2.64. The van der Waals surface area contributed by atoms with Gasteiger partial charge in [-0.25, -0.2) is 8.42 Å². The second-order valence-electron chi connectivity index (χ2n) is 8.17. The summed E-state index contributed by atoms with van der Waals surface area (Å²) in [6.07, 6.45) is 1.81. The number of rotatable bonds is 3. The number of carbonyl (C=O) groups excluding carboxylic acids is 2. The van der Waals surface area contributed by atoms with Gasteiger partial charge >= 0.3 is 0 Å². The van der Waals surface area contributed by atoms with E-state index in [0.717, 1.165) is 12.0 Å². The van der Waals surface area contributed by atoms with Gasteiger partial charge in [0.05, 0.1) is 10.7 Å². The minimum absolute atomic E-state index is 0.0282. The molecule has 1 N–H and O–H groups in total. The Morgan fingerprint density at radius 3 is 2.75 bits per heavy atom. The van der Waals surface area contributed by atoms with E-state index in [1.807, 2.05) is 18.2 Å². The van der Waals surface area contributed by atoms with Crippen LogP contribution in [0.5, 0.6) is 5.75 Å². The van der Waals surface area contributed by atoms with Crippen molar-refractivity contribution in [2.24, 2.45) is 0 Å². The van der Waals surface area contributed by atoms with Gasteiger partial charge in [-0.3, -0.25) is 9.59 Å². The molecule has 2 aromatic rings. The van der Waals surface area contributed by atoms with E-state index in [1.165, 1.54) is 22.0 Å². The molecule has 0 aromatic heterocycles. The van der Waals surface area contributed by atoms with Crippen LogP contribution in [0, 0.1) is 0 Å². The Bertz CT molecular complexity index is 1220. The molecule has 1 saturated heterocycles. The predicted molar refractivity (Wildman–Crippen MR) is 118 cm³/mol. The molecule has 32 heavy (non-hydrogen) atoms. The number of hydrogen-bond acceptors (Lipinski definition) is 5. The van der Waals surface area contributed by atoms with E-state index in [-0.39, 0.29) is 40.6 Å². The molecular formula is C22H22ClN3O5S. The third-order valence-corrected chi connectivity index (χ3v) is 8.56. The molecule has 0 bridgehead atoms. The third-order valence-electron chi connectivity index (χ3n) is 6.18. The Kier molecular flexibility index (Phi) is 5.35. The second kappa shape index (κ2) is 8.06. The zero-order valence-corrected chi connectivity index (χ0v) is 18.8. The summed E-state index contributed by atoms with van der Waals surface area (Å²) in [5, 5.41) is 2.58. The fourth-order valence-corrected chi connectivity index (χ4v) is 6.74. The number of amides is 2. The van der Waals surface area contributed by atoms with Gasteiger partial charge in [0.15, 0.2) is 6.61 Å². The van der Waals surface area contributed by atoms with Gasteiger partial charge in [-0.2, -0.15) is 4.31 Å². The van der Waals surface area contributed by atoms with Gasteiger partial charge in [0.1, 0.15) is 16.7 Å². The van der Waals surface area contributed by atoms with Crippen molar-refractivity contribution in [2.75, 3.05) is 25.0 Å². The summed E-state index contributed by atoms with van der Waals surface area (Å²) in [6, 6.07) is 9.92. The van der Waals surface area contributed by atoms with E-state index in [9.17, 15) is 18.0 Å². The first-order valence-electron chi connectivity index (χ1n) is 10.5. The summed E-state index contributed by atoms with van der Waals surface area (Å²) < 4.78 is 33.7. The zero-order chi connectivity index (χ0) is 22.5. The molecule has 0 spiro atoms. The van der Waals surface area contributed by atoms with Gasteiger partial charge in [0, 0.05) is 25.7 Å². The first kappa shape index (κ1) is 21.2. The van der Waals surface area contributed by atoms with E-state index in [1.54, 1.807) is 4.90 Å². The van der Waals surface area contributed by atoms with Crippen LogP contribution in [0.4, 0.5) is 5.69 Å². The van der Waals surface area contributed by atoms with Crippen molar-refractivity contribution in [3.8, 4) is 5.75 Å². The highest BCUT2D eigenvalue weighted by atomic mass is 35.5. The fraction of sp³-hybridized carbons (Fsp3) is 0.364. The summed E-state index contributed by atoms with van der Waals surface area (Å²) in [4.78, 5) is 26.5. The van der Waals surface area contributed by atoms with E-state index >= 15 is 0 Å². The number of carbonyl (C=O) groups is 2. The smallest absolute Gasteiger partial charge is 0.262 e. The van der Waals surface area contributed by atoms with Gasteiger partial charge in [-0.05, 0) is 36.5 Å². The standard InChI is InChI=1S/C22H22ClN3O5S/c23-16-10-17-19(31-13-21(27)24-17)11-20(16)32(29,30)26-8-3-6-18(26)22(28)25-9-7-14-4-1-2-5-15(14)12-25/h1-2,4-5,10-11,18H,3,6-9,12-13H2,(H,24,27). The highest BCUT2D eigenvalue weighted by Gasteiger charge is 2.42. The number of fused-ring (bicyclic) bond motifs is 2. The maximum Gasteiger partial charge on any atom is 0.262 e. The number of nitrogens with one attached hydrogen (secondary N) is 1. The lowest BCUT2D eigenvalue weighted by molar-refractivity contribution is -0.135. The molecule has 3 heterocycles. The fourth-order valence-electron chi connectivity index (χ4n) is 4.57. The van der Waals surface area contributed by atoms with E-state index in [4.69, 9.17) is 16.3 Å². The van der Waals surface area contributed by atoms with E-state index in [2.05, 4.69) is 11.4 Å². The van der Waals surface area contributed by atoms with Gasteiger partial charge in [-0.1, -0.05) is 35.9 Å². The molecule has 2 amide bonds. The minimum Gasteiger partial charge on any atom is -0.482 e. The van der Waals surface area contributed by atoms with E-state index < -0.39 is 16.1 Å². The second-order valence-corrected chi connectivity index (χ2v) is 10.4. The Balaban J connectivity index is 1.42. The quantitative estimate of drug-likeness (QED) is 0.735. The molecule has 0 saturated carbocycles.